The van der Waals surface area contributed by atoms with Gasteiger partial charge >= 0.3 is 0 Å². The van der Waals surface area contributed by atoms with Crippen LogP contribution in [0.3, 0.4) is 0 Å². The number of aromatic nitrogens is 2. The van der Waals surface area contributed by atoms with E-state index in [0.29, 0.717) is 5.13 Å². The Morgan fingerprint density at radius 1 is 1.40 bits per heavy atom. The van der Waals surface area contributed by atoms with Gasteiger partial charge in [-0.1, -0.05) is 0 Å². The lowest BCUT2D eigenvalue weighted by Gasteiger charge is -2.32. The zero-order chi connectivity index (χ0) is 17.8. The van der Waals surface area contributed by atoms with Crippen molar-refractivity contribution in [2.75, 3.05) is 18.4 Å². The third-order valence-electron chi connectivity index (χ3n) is 4.04. The number of hydrogen-bond acceptors (Lipinski definition) is 6. The maximum atomic E-state index is 11.1. The van der Waals surface area contributed by atoms with Crippen LogP contribution in [-0.4, -0.2) is 40.0 Å². The Hall–Kier alpha value is -1.99. The summed E-state index contributed by atoms with van der Waals surface area (Å²) < 4.78 is 6.19. The van der Waals surface area contributed by atoms with E-state index in [0.717, 1.165) is 54.5 Å². The van der Waals surface area contributed by atoms with Crippen LogP contribution in [0.15, 0.2) is 18.3 Å². The predicted octanol–water partition coefficient (Wildman–Crippen LogP) is 3.16. The highest BCUT2D eigenvalue weighted by Gasteiger charge is 2.22. The van der Waals surface area contributed by atoms with Crippen molar-refractivity contribution >= 4 is 22.4 Å². The first kappa shape index (κ1) is 17.8. The summed E-state index contributed by atoms with van der Waals surface area (Å²) in [5.41, 5.74) is 1.97. The Bertz CT molecular complexity index is 726. The second-order valence-corrected chi connectivity index (χ2v) is 7.63. The van der Waals surface area contributed by atoms with Gasteiger partial charge in [0.05, 0.1) is 0 Å². The van der Waals surface area contributed by atoms with E-state index in [1.54, 1.807) is 0 Å². The monoisotopic (exact) mass is 360 g/mol. The lowest BCUT2D eigenvalue weighted by Crippen LogP contribution is -2.40. The van der Waals surface area contributed by atoms with Gasteiger partial charge in [0, 0.05) is 54.6 Å². The number of pyridine rings is 1. The first-order valence-corrected chi connectivity index (χ1v) is 9.36. The lowest BCUT2D eigenvalue weighted by atomic mass is 10.1. The third-order valence-corrected chi connectivity index (χ3v) is 4.93. The highest BCUT2D eigenvalue weighted by Crippen LogP contribution is 2.24. The van der Waals surface area contributed by atoms with Crippen molar-refractivity contribution in [3.8, 4) is 5.75 Å². The fraction of sp³-hybridized carbons (Fsp3) is 0.500. The molecule has 0 radical (unpaired) electrons. The zero-order valence-electron chi connectivity index (χ0n) is 14.9. The summed E-state index contributed by atoms with van der Waals surface area (Å²) in [5.74, 6) is 0.817. The molecule has 2 aromatic heterocycles. The number of ether oxygens (including phenoxy) is 1. The summed E-state index contributed by atoms with van der Waals surface area (Å²) in [6, 6.07) is 3.99. The van der Waals surface area contributed by atoms with Crippen LogP contribution in [0.25, 0.3) is 0 Å². The summed E-state index contributed by atoms with van der Waals surface area (Å²) in [5, 5.41) is 3.40. The average Bonchev–Trinajstić information content (AvgIpc) is 2.92. The summed E-state index contributed by atoms with van der Waals surface area (Å²) in [6.45, 7) is 8.27. The summed E-state index contributed by atoms with van der Waals surface area (Å²) in [4.78, 5) is 23.3. The number of nitrogens with one attached hydrogen (secondary N) is 1. The highest BCUT2D eigenvalue weighted by atomic mass is 32.1. The second-order valence-electron chi connectivity index (χ2n) is 6.52. The van der Waals surface area contributed by atoms with Gasteiger partial charge in [0.25, 0.3) is 0 Å². The molecule has 25 heavy (non-hydrogen) atoms. The van der Waals surface area contributed by atoms with Gasteiger partial charge in [-0.25, -0.2) is 4.98 Å². The number of hydrogen-bond donors (Lipinski definition) is 1. The zero-order valence-corrected chi connectivity index (χ0v) is 15.7. The molecule has 1 saturated heterocycles. The van der Waals surface area contributed by atoms with Gasteiger partial charge in [-0.15, -0.1) is 11.3 Å². The highest BCUT2D eigenvalue weighted by molar-refractivity contribution is 7.15. The molecule has 0 aliphatic carbocycles. The molecule has 0 bridgehead atoms. The number of nitrogens with zero attached hydrogens (tertiary/aromatic N) is 3. The predicted molar refractivity (Wildman–Crippen MR) is 99.1 cm³/mol. The van der Waals surface area contributed by atoms with Crippen molar-refractivity contribution in [2.45, 2.75) is 46.3 Å². The fourth-order valence-electron chi connectivity index (χ4n) is 3.12. The maximum absolute atomic E-state index is 11.1. The topological polar surface area (TPSA) is 67.4 Å². The van der Waals surface area contributed by atoms with Gasteiger partial charge in [0.1, 0.15) is 11.9 Å². The molecule has 0 saturated carbocycles. The first-order chi connectivity index (χ1) is 12.0. The minimum atomic E-state index is -0.0877. The Morgan fingerprint density at radius 3 is 2.88 bits per heavy atom. The molecule has 1 amide bonds. The maximum Gasteiger partial charge on any atom is 0.223 e. The fourth-order valence-corrected chi connectivity index (χ4v) is 4.02. The number of anilines is 1. The van der Waals surface area contributed by atoms with Crippen molar-refractivity contribution in [1.82, 2.24) is 14.9 Å². The van der Waals surface area contributed by atoms with E-state index in [1.165, 1.54) is 18.3 Å². The molecule has 2 aromatic rings. The third kappa shape index (κ3) is 5.24. The van der Waals surface area contributed by atoms with Crippen LogP contribution in [0.4, 0.5) is 5.13 Å². The van der Waals surface area contributed by atoms with Gasteiger partial charge in [-0.05, 0) is 33.2 Å². The minimum absolute atomic E-state index is 0.0877. The molecular formula is C18H24N4O2S. The molecular weight excluding hydrogens is 336 g/mol. The van der Waals surface area contributed by atoms with Crippen molar-refractivity contribution in [3.63, 3.8) is 0 Å². The van der Waals surface area contributed by atoms with Gasteiger partial charge in [-0.2, -0.15) is 0 Å². The number of aryl methyl sites for hydroxylation is 2. The standard InChI is InChI=1S/C18H24N4O2S/c1-12-7-16(8-13(2)20-12)24-15-5-4-6-22(10-15)11-17-9-19-18(25-17)21-14(3)23/h7-9,15H,4-6,10-11H2,1-3H3,(H,19,21,23)/t15-/m1/s1. The van der Waals surface area contributed by atoms with Crippen LogP contribution in [0.1, 0.15) is 36.0 Å². The number of amides is 1. The quantitative estimate of drug-likeness (QED) is 0.887. The van der Waals surface area contributed by atoms with E-state index in [4.69, 9.17) is 4.74 Å². The van der Waals surface area contributed by atoms with Crippen LogP contribution in [0.2, 0.25) is 0 Å². The van der Waals surface area contributed by atoms with Crippen LogP contribution < -0.4 is 10.1 Å². The molecule has 3 heterocycles. The number of thiazole rings is 1. The van der Waals surface area contributed by atoms with Gasteiger partial charge in [0.2, 0.25) is 5.91 Å². The van der Waals surface area contributed by atoms with E-state index in [9.17, 15) is 4.79 Å². The number of rotatable bonds is 5. The molecule has 0 aromatic carbocycles. The summed E-state index contributed by atoms with van der Waals surface area (Å²) in [6.07, 6.45) is 4.22. The van der Waals surface area contributed by atoms with E-state index in [-0.39, 0.29) is 12.0 Å². The van der Waals surface area contributed by atoms with Crippen molar-refractivity contribution in [2.24, 2.45) is 0 Å². The normalized spacial score (nSPS) is 18.1. The van der Waals surface area contributed by atoms with Crippen molar-refractivity contribution in [3.05, 3.63) is 34.6 Å². The van der Waals surface area contributed by atoms with Crippen molar-refractivity contribution in [1.29, 1.82) is 0 Å². The van der Waals surface area contributed by atoms with Crippen LogP contribution >= 0.6 is 11.3 Å². The van der Waals surface area contributed by atoms with E-state index >= 15 is 0 Å². The van der Waals surface area contributed by atoms with Gasteiger partial charge in [0.15, 0.2) is 5.13 Å². The Labute approximate surface area is 152 Å². The Morgan fingerprint density at radius 2 is 2.16 bits per heavy atom. The molecule has 134 valence electrons. The van der Waals surface area contributed by atoms with E-state index in [2.05, 4.69) is 20.2 Å². The first-order valence-electron chi connectivity index (χ1n) is 8.54. The molecule has 1 N–H and O–H groups in total. The molecule has 0 spiro atoms. The Kier molecular flexibility index (Phi) is 5.65. The molecule has 7 heteroatoms. The molecule has 1 aliphatic heterocycles. The average molecular weight is 360 g/mol. The second kappa shape index (κ2) is 7.93. The molecule has 6 nitrogen and oxygen atoms in total. The molecule has 1 aliphatic rings. The minimum Gasteiger partial charge on any atom is -0.489 e. The molecule has 1 fully saturated rings. The molecule has 3 rings (SSSR count). The Balaban J connectivity index is 1.57. The van der Waals surface area contributed by atoms with E-state index in [1.807, 2.05) is 32.2 Å². The number of piperidine rings is 1. The van der Waals surface area contributed by atoms with Crippen LogP contribution in [-0.2, 0) is 11.3 Å². The number of carbonyl (C=O) groups excluding carboxylic acids is 1. The molecule has 1 atom stereocenters. The largest absolute Gasteiger partial charge is 0.489 e. The molecule has 0 unspecified atom stereocenters. The van der Waals surface area contributed by atoms with Gasteiger partial charge in [-0.3, -0.25) is 14.7 Å². The van der Waals surface area contributed by atoms with Crippen molar-refractivity contribution < 1.29 is 9.53 Å². The number of likely N-dealkylation sites (tertiary alicyclic amines) is 1. The van der Waals surface area contributed by atoms with Crippen LogP contribution in [0.5, 0.6) is 5.75 Å². The number of carbonyl (C=O) groups is 1. The smallest absolute Gasteiger partial charge is 0.223 e. The SMILES string of the molecule is CC(=O)Nc1ncc(CN2CCC[C@@H](Oc3cc(C)nc(C)c3)C2)s1. The summed E-state index contributed by atoms with van der Waals surface area (Å²) >= 11 is 1.53. The van der Waals surface area contributed by atoms with Crippen LogP contribution in [0, 0.1) is 13.8 Å². The summed E-state index contributed by atoms with van der Waals surface area (Å²) in [7, 11) is 0. The van der Waals surface area contributed by atoms with Gasteiger partial charge < -0.3 is 10.1 Å². The lowest BCUT2D eigenvalue weighted by molar-refractivity contribution is -0.114. The van der Waals surface area contributed by atoms with E-state index < -0.39 is 0 Å².